The summed E-state index contributed by atoms with van der Waals surface area (Å²) in [6.45, 7) is 30.6. The fourth-order valence-corrected chi connectivity index (χ4v) is 10.0. The maximum Gasteiger partial charge on any atom is 0.323 e. The van der Waals surface area contributed by atoms with Crippen molar-refractivity contribution in [2.75, 3.05) is 26.4 Å². The number of carbonyl (C=O) groups is 4. The van der Waals surface area contributed by atoms with Crippen molar-refractivity contribution in [1.82, 2.24) is 0 Å². The lowest BCUT2D eigenvalue weighted by molar-refractivity contribution is -0.144. The van der Waals surface area contributed by atoms with E-state index in [4.69, 9.17) is 28.4 Å². The van der Waals surface area contributed by atoms with Crippen molar-refractivity contribution in [2.24, 2.45) is 0 Å². The van der Waals surface area contributed by atoms with Gasteiger partial charge in [-0.25, -0.2) is 0 Å². The van der Waals surface area contributed by atoms with E-state index in [9.17, 15) is 19.2 Å². The van der Waals surface area contributed by atoms with Gasteiger partial charge in [0.1, 0.15) is 61.3 Å². The van der Waals surface area contributed by atoms with Gasteiger partial charge in [-0.1, -0.05) is 228 Å². The molecule has 2 aliphatic rings. The molecule has 10 nitrogen and oxygen atoms in total. The molecule has 0 saturated heterocycles. The number of hydrogen-bond acceptors (Lipinski definition) is 10. The summed E-state index contributed by atoms with van der Waals surface area (Å²) in [5.74, 6) is 0.809. The van der Waals surface area contributed by atoms with Crippen LogP contribution in [-0.2, 0) is 50.3 Å². The van der Waals surface area contributed by atoms with Gasteiger partial charge in [-0.2, -0.15) is 0 Å². The van der Waals surface area contributed by atoms with Gasteiger partial charge in [-0.15, -0.1) is 0 Å². The number of hydrogen-bond donors (Lipinski definition) is 0. The standard InChI is InChI=1S/C42H64O5.C26H32O5/c1-8-9-10-11-12-13-14-15-16-17-18-19-20-21-22-23-37(43)46-29-28-45-34-26-24-32(25-27-34)38-35-30-33(41(2,3)4)31-36(42(5,6)7)39(35)47-40(38)44;1-16(27)29-12-13-30-19-10-8-17(9-11-19)22-20-14-18(25(2,3)4)15-21(26(5,6)7)23(20)31-24(22)28/h24-27,30-31,38H,8-23,28-29H2,1-7H3;8-11,14-15,22H,12-13H2,1-7H3. The van der Waals surface area contributed by atoms with E-state index in [1.807, 2.05) is 48.5 Å². The first-order valence-electron chi connectivity index (χ1n) is 29.3. The van der Waals surface area contributed by atoms with Gasteiger partial charge in [0.05, 0.1) is 0 Å². The second-order valence-corrected chi connectivity index (χ2v) is 25.7. The van der Waals surface area contributed by atoms with E-state index in [0.717, 1.165) is 46.2 Å². The van der Waals surface area contributed by atoms with Crippen molar-refractivity contribution in [2.45, 2.75) is 233 Å². The van der Waals surface area contributed by atoms with Gasteiger partial charge in [-0.05, 0) is 74.6 Å². The highest BCUT2D eigenvalue weighted by Crippen LogP contribution is 2.49. The molecule has 6 rings (SSSR count). The Morgan fingerprint density at radius 1 is 0.449 bits per heavy atom. The quantitative estimate of drug-likeness (QED) is 0.0341. The largest absolute Gasteiger partial charge is 0.490 e. The summed E-state index contributed by atoms with van der Waals surface area (Å²) < 4.78 is 33.4. The molecule has 0 fully saturated rings. The third-order valence-electron chi connectivity index (χ3n) is 14.8. The van der Waals surface area contributed by atoms with Crippen LogP contribution in [0, 0.1) is 0 Å². The lowest BCUT2D eigenvalue weighted by Gasteiger charge is -2.27. The van der Waals surface area contributed by atoms with Crippen LogP contribution in [0.3, 0.4) is 0 Å². The highest BCUT2D eigenvalue weighted by molar-refractivity contribution is 5.91. The van der Waals surface area contributed by atoms with Gasteiger partial charge < -0.3 is 28.4 Å². The van der Waals surface area contributed by atoms with Crippen molar-refractivity contribution in [3.05, 3.63) is 117 Å². The van der Waals surface area contributed by atoms with Gasteiger partial charge >= 0.3 is 23.9 Å². The third-order valence-corrected chi connectivity index (χ3v) is 14.8. The van der Waals surface area contributed by atoms with Crippen LogP contribution in [0.2, 0.25) is 0 Å². The van der Waals surface area contributed by atoms with Crippen LogP contribution >= 0.6 is 0 Å². The number of unbranched alkanes of at least 4 members (excludes halogenated alkanes) is 14. The predicted octanol–water partition coefficient (Wildman–Crippen LogP) is 16.8. The zero-order valence-corrected chi connectivity index (χ0v) is 50.3. The second-order valence-electron chi connectivity index (χ2n) is 25.7. The molecule has 2 atom stereocenters. The van der Waals surface area contributed by atoms with Gasteiger partial charge in [0.25, 0.3) is 0 Å². The molecule has 0 spiro atoms. The van der Waals surface area contributed by atoms with Crippen LogP contribution in [0.15, 0.2) is 72.8 Å². The fourth-order valence-electron chi connectivity index (χ4n) is 10.0. The van der Waals surface area contributed by atoms with Gasteiger partial charge in [0.15, 0.2) is 0 Å². The first-order valence-corrected chi connectivity index (χ1v) is 29.3. The Balaban J connectivity index is 0.000000312. The van der Waals surface area contributed by atoms with E-state index >= 15 is 0 Å². The number of carbonyl (C=O) groups excluding carboxylic acids is 4. The molecule has 10 heteroatoms. The molecule has 4 aromatic carbocycles. The SMILES string of the molecule is CC(=O)OCCOc1ccc(C2C(=O)Oc3c2cc(C(C)(C)C)cc3C(C)(C)C)cc1.CCCCCCCCCCCCCCCCCC(=O)OCCOc1ccc(C2C(=O)Oc3c2cc(C(C)(C)C)cc3C(C)(C)C)cc1. The Bertz CT molecular complexity index is 2560. The second kappa shape index (κ2) is 29.0. The average Bonchev–Trinajstić information content (AvgIpc) is 4.03. The Morgan fingerprint density at radius 2 is 0.795 bits per heavy atom. The minimum Gasteiger partial charge on any atom is -0.490 e. The highest BCUT2D eigenvalue weighted by Gasteiger charge is 2.41. The van der Waals surface area contributed by atoms with Crippen LogP contribution in [-0.4, -0.2) is 50.3 Å². The van der Waals surface area contributed by atoms with E-state index < -0.39 is 11.8 Å². The molecule has 0 saturated carbocycles. The summed E-state index contributed by atoms with van der Waals surface area (Å²) in [4.78, 5) is 49.1. The van der Waals surface area contributed by atoms with Crippen LogP contribution < -0.4 is 18.9 Å². The maximum absolute atomic E-state index is 13.2. The number of rotatable bonds is 26. The van der Waals surface area contributed by atoms with Crippen molar-refractivity contribution in [3.8, 4) is 23.0 Å². The summed E-state index contributed by atoms with van der Waals surface area (Å²) in [5, 5.41) is 0. The maximum atomic E-state index is 13.2. The minimum atomic E-state index is -0.469. The first kappa shape index (κ1) is 63.2. The molecule has 0 N–H and O–H groups in total. The van der Waals surface area contributed by atoms with Crippen molar-refractivity contribution >= 4 is 23.9 Å². The molecule has 0 amide bonds. The normalized spacial score (nSPS) is 15.2. The number of esters is 4. The predicted molar refractivity (Wildman–Crippen MR) is 314 cm³/mol. The van der Waals surface area contributed by atoms with E-state index in [1.54, 1.807) is 0 Å². The molecule has 2 unspecified atom stereocenters. The lowest BCUT2D eigenvalue weighted by atomic mass is 9.77. The van der Waals surface area contributed by atoms with E-state index in [2.05, 4.69) is 114 Å². The smallest absolute Gasteiger partial charge is 0.323 e. The summed E-state index contributed by atoms with van der Waals surface area (Å²) in [6, 6.07) is 23.7. The van der Waals surface area contributed by atoms with E-state index in [-0.39, 0.29) is 65.4 Å². The minimum absolute atomic E-state index is 0.0507. The summed E-state index contributed by atoms with van der Waals surface area (Å²) in [6.07, 6.45) is 20.1. The van der Waals surface area contributed by atoms with E-state index in [0.29, 0.717) is 36.0 Å². The molecule has 0 bridgehead atoms. The zero-order chi connectivity index (χ0) is 57.3. The topological polar surface area (TPSA) is 124 Å². The zero-order valence-electron chi connectivity index (χ0n) is 50.3. The van der Waals surface area contributed by atoms with Gasteiger partial charge in [0, 0.05) is 35.6 Å². The van der Waals surface area contributed by atoms with Gasteiger partial charge in [0.2, 0.25) is 0 Å². The number of ether oxygens (including phenoxy) is 6. The molecule has 2 heterocycles. The first-order chi connectivity index (χ1) is 36.8. The molecule has 4 aromatic rings. The summed E-state index contributed by atoms with van der Waals surface area (Å²) >= 11 is 0. The average molecular weight is 1070 g/mol. The van der Waals surface area contributed by atoms with Crippen LogP contribution in [0.1, 0.15) is 256 Å². The fraction of sp³-hybridized carbons (Fsp3) is 0.588. The lowest BCUT2D eigenvalue weighted by Crippen LogP contribution is -2.17. The Kier molecular flexibility index (Phi) is 23.5. The van der Waals surface area contributed by atoms with Crippen LogP contribution in [0.5, 0.6) is 23.0 Å². The molecular formula is C68H96O10. The summed E-state index contributed by atoms with van der Waals surface area (Å²) in [5.41, 5.74) is 7.66. The van der Waals surface area contributed by atoms with Crippen molar-refractivity contribution in [3.63, 3.8) is 0 Å². The van der Waals surface area contributed by atoms with Crippen molar-refractivity contribution in [1.29, 1.82) is 0 Å². The van der Waals surface area contributed by atoms with E-state index in [1.165, 1.54) is 102 Å². The molecule has 2 aliphatic heterocycles. The van der Waals surface area contributed by atoms with Crippen LogP contribution in [0.25, 0.3) is 0 Å². The van der Waals surface area contributed by atoms with Crippen molar-refractivity contribution < 1.29 is 47.6 Å². The molecule has 0 aromatic heterocycles. The molecule has 78 heavy (non-hydrogen) atoms. The molecular weight excluding hydrogens is 977 g/mol. The van der Waals surface area contributed by atoms with Gasteiger partial charge in [-0.3, -0.25) is 19.2 Å². The third kappa shape index (κ3) is 19.0. The number of benzene rings is 4. The molecule has 0 radical (unpaired) electrons. The number of fused-ring (bicyclic) bond motifs is 2. The molecule has 0 aliphatic carbocycles. The van der Waals surface area contributed by atoms with Crippen LogP contribution in [0.4, 0.5) is 0 Å². The Morgan fingerprint density at radius 3 is 1.13 bits per heavy atom. The monoisotopic (exact) mass is 1070 g/mol. The Labute approximate surface area is 469 Å². The Hall–Kier alpha value is -5.64. The summed E-state index contributed by atoms with van der Waals surface area (Å²) in [7, 11) is 0. The molecule has 428 valence electrons. The highest BCUT2D eigenvalue weighted by atomic mass is 16.6.